The van der Waals surface area contributed by atoms with Crippen molar-refractivity contribution in [3.63, 3.8) is 0 Å². The van der Waals surface area contributed by atoms with Crippen LogP contribution in [0.15, 0.2) is 24.3 Å². The fourth-order valence-corrected chi connectivity index (χ4v) is 3.37. The quantitative estimate of drug-likeness (QED) is 0.272. The third-order valence-electron chi connectivity index (χ3n) is 5.28. The molecule has 2 amide bonds. The highest BCUT2D eigenvalue weighted by atomic mass is 16.6. The highest BCUT2D eigenvalue weighted by Crippen LogP contribution is 2.33. The molecule has 0 fully saturated rings. The zero-order chi connectivity index (χ0) is 24.3. The van der Waals surface area contributed by atoms with Gasteiger partial charge >= 0.3 is 6.01 Å². The molecule has 11 nitrogen and oxygen atoms in total. The number of anilines is 2. The van der Waals surface area contributed by atoms with Crippen molar-refractivity contribution in [2.75, 3.05) is 37.1 Å². The average Bonchev–Trinajstić information content (AvgIpc) is 3.14. The van der Waals surface area contributed by atoms with Crippen LogP contribution in [-0.4, -0.2) is 48.2 Å². The van der Waals surface area contributed by atoms with Gasteiger partial charge in [0.05, 0.1) is 39.4 Å². The van der Waals surface area contributed by atoms with Gasteiger partial charge in [0, 0.05) is 18.5 Å². The Hall–Kier alpha value is -3.28. The number of carbonyl (C=O) groups is 2. The molecular weight excluding hydrogens is 440 g/mol. The van der Waals surface area contributed by atoms with Crippen molar-refractivity contribution in [3.05, 3.63) is 41.0 Å². The van der Waals surface area contributed by atoms with Crippen molar-refractivity contribution < 1.29 is 23.9 Å². The molecular formula is C23H32N6O5. The summed E-state index contributed by atoms with van der Waals surface area (Å²) in [7, 11) is 0. The molecule has 3 rings (SSSR count). The maximum absolute atomic E-state index is 12.6. The van der Waals surface area contributed by atoms with Crippen molar-refractivity contribution in [3.8, 4) is 6.01 Å². The van der Waals surface area contributed by atoms with E-state index in [4.69, 9.17) is 21.1 Å². The van der Waals surface area contributed by atoms with Crippen molar-refractivity contribution in [2.45, 2.75) is 45.7 Å². The van der Waals surface area contributed by atoms with Crippen molar-refractivity contribution in [1.29, 1.82) is 0 Å². The predicted octanol–water partition coefficient (Wildman–Crippen LogP) is 1.24. The number of fused-ring (bicyclic) bond motifs is 1. The molecule has 34 heavy (non-hydrogen) atoms. The minimum Gasteiger partial charge on any atom is -0.463 e. The van der Waals surface area contributed by atoms with Gasteiger partial charge in [-0.05, 0) is 17.5 Å². The van der Waals surface area contributed by atoms with Gasteiger partial charge < -0.3 is 25.4 Å². The van der Waals surface area contributed by atoms with Crippen molar-refractivity contribution in [1.82, 2.24) is 15.3 Å². The van der Waals surface area contributed by atoms with E-state index >= 15 is 0 Å². The zero-order valence-corrected chi connectivity index (χ0v) is 19.4. The number of hydrogen-bond acceptors (Lipinski definition) is 9. The van der Waals surface area contributed by atoms with Crippen LogP contribution in [0.5, 0.6) is 6.01 Å². The summed E-state index contributed by atoms with van der Waals surface area (Å²) < 4.78 is 10.8. The molecule has 0 spiro atoms. The highest BCUT2D eigenvalue weighted by Gasteiger charge is 2.32. The molecule has 0 unspecified atom stereocenters. The van der Waals surface area contributed by atoms with Crippen molar-refractivity contribution in [2.24, 2.45) is 5.90 Å². The lowest BCUT2D eigenvalue weighted by atomic mass is 10.1. The van der Waals surface area contributed by atoms with Crippen molar-refractivity contribution >= 4 is 23.5 Å². The Kier molecular flexibility index (Phi) is 9.56. The lowest BCUT2D eigenvalue weighted by Crippen LogP contribution is -2.27. The van der Waals surface area contributed by atoms with Crippen LogP contribution in [0.2, 0.25) is 0 Å². The zero-order valence-electron chi connectivity index (χ0n) is 19.4. The third-order valence-corrected chi connectivity index (χ3v) is 5.28. The summed E-state index contributed by atoms with van der Waals surface area (Å²) in [6, 6.07) is 7.87. The van der Waals surface area contributed by atoms with Gasteiger partial charge in [0.15, 0.2) is 0 Å². The standard InChI is InChI=1S/C23H32N6O5/c1-2-3-9-33-23-27-21(24)18-13-20(31)29(22(18)28-23)15-17-6-4-16(5-7-17)14-26-19(30)8-10-32-11-12-34-25/h4-7H,2-3,8-15,25H2,1H3,(H,26,30)(H2,24,27,28). The number of nitrogens with two attached hydrogens (primary N) is 2. The van der Waals surface area contributed by atoms with E-state index in [1.807, 2.05) is 24.3 Å². The van der Waals surface area contributed by atoms with Gasteiger partial charge in [0.1, 0.15) is 11.6 Å². The van der Waals surface area contributed by atoms with Gasteiger partial charge in [-0.3, -0.25) is 14.5 Å². The SMILES string of the molecule is CCCCOc1nc(N)c2c(n1)N(Cc1ccc(CNC(=O)CCOCCON)cc1)C(=O)C2. The van der Waals surface area contributed by atoms with Gasteiger partial charge in [0.25, 0.3) is 0 Å². The first-order chi connectivity index (χ1) is 16.5. The minimum atomic E-state index is -0.105. The van der Waals surface area contributed by atoms with Gasteiger partial charge in [-0.1, -0.05) is 37.6 Å². The van der Waals surface area contributed by atoms with Crippen LogP contribution < -0.4 is 26.6 Å². The first-order valence-corrected chi connectivity index (χ1v) is 11.3. The fourth-order valence-electron chi connectivity index (χ4n) is 3.37. The van der Waals surface area contributed by atoms with E-state index in [1.165, 1.54) is 0 Å². The number of amides is 2. The van der Waals surface area contributed by atoms with E-state index in [9.17, 15) is 9.59 Å². The largest absolute Gasteiger partial charge is 0.463 e. The number of carbonyl (C=O) groups excluding carboxylic acids is 2. The topological polar surface area (TPSA) is 155 Å². The van der Waals surface area contributed by atoms with E-state index in [0.717, 1.165) is 24.0 Å². The molecule has 0 aliphatic carbocycles. The number of nitrogen functional groups attached to an aromatic ring is 1. The molecule has 0 saturated carbocycles. The van der Waals surface area contributed by atoms with Crippen LogP contribution in [0.25, 0.3) is 0 Å². The lowest BCUT2D eigenvalue weighted by Gasteiger charge is -2.17. The van der Waals surface area contributed by atoms with Gasteiger partial charge in [-0.25, -0.2) is 5.90 Å². The lowest BCUT2D eigenvalue weighted by molar-refractivity contribution is -0.122. The molecule has 1 aromatic carbocycles. The first-order valence-electron chi connectivity index (χ1n) is 11.3. The molecule has 0 bridgehead atoms. The Morgan fingerprint density at radius 1 is 1.12 bits per heavy atom. The molecule has 5 N–H and O–H groups in total. The summed E-state index contributed by atoms with van der Waals surface area (Å²) in [4.78, 5) is 39.2. The minimum absolute atomic E-state index is 0.0849. The van der Waals surface area contributed by atoms with E-state index in [2.05, 4.69) is 27.0 Å². The summed E-state index contributed by atoms with van der Waals surface area (Å²) in [5.41, 5.74) is 8.57. The summed E-state index contributed by atoms with van der Waals surface area (Å²) in [5, 5.41) is 2.85. The Bertz CT molecular complexity index is 969. The van der Waals surface area contributed by atoms with E-state index in [0.29, 0.717) is 44.3 Å². The number of aromatic nitrogens is 2. The van der Waals surface area contributed by atoms with Crippen LogP contribution in [0, 0.1) is 0 Å². The number of rotatable bonds is 14. The van der Waals surface area contributed by atoms with Gasteiger partial charge in [-0.2, -0.15) is 9.97 Å². The summed E-state index contributed by atoms with van der Waals surface area (Å²) >= 11 is 0. The number of ether oxygens (including phenoxy) is 2. The second kappa shape index (κ2) is 12.8. The fraction of sp³-hybridized carbons (Fsp3) is 0.478. The van der Waals surface area contributed by atoms with E-state index in [1.54, 1.807) is 4.90 Å². The second-order valence-electron chi connectivity index (χ2n) is 7.88. The van der Waals surface area contributed by atoms with Crippen LogP contribution in [-0.2, 0) is 38.7 Å². The molecule has 184 valence electrons. The van der Waals surface area contributed by atoms with E-state index < -0.39 is 0 Å². The number of benzene rings is 1. The summed E-state index contributed by atoms with van der Waals surface area (Å²) in [6.07, 6.45) is 2.30. The third kappa shape index (κ3) is 7.11. The molecule has 1 aromatic heterocycles. The molecule has 0 radical (unpaired) electrons. The predicted molar refractivity (Wildman–Crippen MR) is 126 cm³/mol. The smallest absolute Gasteiger partial charge is 0.320 e. The van der Waals surface area contributed by atoms with Crippen LogP contribution in [0.4, 0.5) is 11.6 Å². The Morgan fingerprint density at radius 3 is 2.62 bits per heavy atom. The average molecular weight is 473 g/mol. The van der Waals surface area contributed by atoms with Crippen LogP contribution in [0.1, 0.15) is 42.9 Å². The monoisotopic (exact) mass is 472 g/mol. The first kappa shape index (κ1) is 25.3. The molecule has 1 aliphatic heterocycles. The Balaban J connectivity index is 1.54. The van der Waals surface area contributed by atoms with Gasteiger partial charge in [0.2, 0.25) is 11.8 Å². The Labute approximate surface area is 198 Å². The van der Waals surface area contributed by atoms with E-state index in [-0.39, 0.29) is 43.1 Å². The van der Waals surface area contributed by atoms with Gasteiger partial charge in [-0.15, -0.1) is 0 Å². The normalized spacial score (nSPS) is 12.6. The molecule has 0 saturated heterocycles. The highest BCUT2D eigenvalue weighted by molar-refractivity contribution is 6.01. The number of unbranched alkanes of at least 4 members (excludes halogenated alkanes) is 1. The van der Waals surface area contributed by atoms with Crippen LogP contribution in [0.3, 0.4) is 0 Å². The molecule has 0 atom stereocenters. The summed E-state index contributed by atoms with van der Waals surface area (Å²) in [6.45, 7) is 4.26. The Morgan fingerprint density at radius 2 is 1.88 bits per heavy atom. The maximum Gasteiger partial charge on any atom is 0.320 e. The molecule has 1 aliphatic rings. The maximum atomic E-state index is 12.6. The van der Waals surface area contributed by atoms with Crippen LogP contribution >= 0.6 is 0 Å². The number of nitrogens with zero attached hydrogens (tertiary/aromatic N) is 3. The number of hydrogen-bond donors (Lipinski definition) is 3. The second-order valence-corrected chi connectivity index (χ2v) is 7.88. The summed E-state index contributed by atoms with van der Waals surface area (Å²) in [5.74, 6) is 5.49. The number of nitrogens with one attached hydrogen (secondary N) is 1. The molecule has 2 heterocycles. The molecule has 11 heteroatoms. The molecule has 2 aromatic rings.